The van der Waals surface area contributed by atoms with Crippen molar-refractivity contribution in [3.05, 3.63) is 53.9 Å². The number of carbonyl (C=O) groups is 1. The SMILES string of the molecule is COc1ccc(CCNC(=O)CN2CCNCC2c2cccnc2)cc1OC.Cl. The van der Waals surface area contributed by atoms with E-state index < -0.39 is 0 Å². The normalized spacial score (nSPS) is 16.6. The van der Waals surface area contributed by atoms with Gasteiger partial charge in [-0.25, -0.2) is 0 Å². The zero-order valence-electron chi connectivity index (χ0n) is 16.9. The van der Waals surface area contributed by atoms with Gasteiger partial charge in [0.2, 0.25) is 5.91 Å². The molecule has 2 N–H and O–H groups in total. The molecule has 1 aromatic carbocycles. The van der Waals surface area contributed by atoms with E-state index in [-0.39, 0.29) is 24.4 Å². The minimum Gasteiger partial charge on any atom is -0.493 e. The van der Waals surface area contributed by atoms with Gasteiger partial charge < -0.3 is 20.1 Å². The van der Waals surface area contributed by atoms with E-state index in [4.69, 9.17) is 9.47 Å². The topological polar surface area (TPSA) is 75.7 Å². The molecule has 1 aliphatic rings. The monoisotopic (exact) mass is 420 g/mol. The minimum atomic E-state index is 0. The molecule has 3 rings (SSSR count). The highest BCUT2D eigenvalue weighted by molar-refractivity contribution is 5.85. The number of benzene rings is 1. The van der Waals surface area contributed by atoms with Crippen LogP contribution in [-0.4, -0.2) is 62.7 Å². The van der Waals surface area contributed by atoms with Crippen molar-refractivity contribution in [3.63, 3.8) is 0 Å². The van der Waals surface area contributed by atoms with Crippen molar-refractivity contribution >= 4 is 18.3 Å². The number of ether oxygens (including phenoxy) is 2. The first-order valence-electron chi connectivity index (χ1n) is 9.53. The number of aromatic nitrogens is 1. The van der Waals surface area contributed by atoms with Gasteiger partial charge in [0.15, 0.2) is 11.5 Å². The summed E-state index contributed by atoms with van der Waals surface area (Å²) in [5, 5.41) is 6.43. The van der Waals surface area contributed by atoms with Crippen molar-refractivity contribution in [1.82, 2.24) is 20.5 Å². The Hall–Kier alpha value is -2.35. The largest absolute Gasteiger partial charge is 0.493 e. The summed E-state index contributed by atoms with van der Waals surface area (Å²) in [5.74, 6) is 1.44. The molecule has 1 saturated heterocycles. The van der Waals surface area contributed by atoms with E-state index in [1.807, 2.05) is 30.5 Å². The number of amides is 1. The zero-order valence-corrected chi connectivity index (χ0v) is 17.7. The first-order chi connectivity index (χ1) is 13.7. The third-order valence-electron chi connectivity index (χ3n) is 4.95. The molecule has 0 spiro atoms. The maximum atomic E-state index is 12.5. The third kappa shape index (κ3) is 6.32. The van der Waals surface area contributed by atoms with E-state index in [9.17, 15) is 4.79 Å². The van der Waals surface area contributed by atoms with Crippen LogP contribution in [0.25, 0.3) is 0 Å². The minimum absolute atomic E-state index is 0. The molecule has 1 aliphatic heterocycles. The van der Waals surface area contributed by atoms with Gasteiger partial charge in [-0.3, -0.25) is 14.7 Å². The van der Waals surface area contributed by atoms with Crippen molar-refractivity contribution in [3.8, 4) is 11.5 Å². The highest BCUT2D eigenvalue weighted by atomic mass is 35.5. The van der Waals surface area contributed by atoms with Crippen molar-refractivity contribution in [2.24, 2.45) is 0 Å². The number of methoxy groups -OCH3 is 2. The second kappa shape index (κ2) is 11.6. The smallest absolute Gasteiger partial charge is 0.234 e. The van der Waals surface area contributed by atoms with Crippen LogP contribution in [0.1, 0.15) is 17.2 Å². The van der Waals surface area contributed by atoms with E-state index in [1.165, 1.54) is 0 Å². The number of hydrogen-bond donors (Lipinski definition) is 2. The van der Waals surface area contributed by atoms with Gasteiger partial charge >= 0.3 is 0 Å². The molecule has 1 atom stereocenters. The number of halogens is 1. The average Bonchev–Trinajstić information content (AvgIpc) is 2.74. The van der Waals surface area contributed by atoms with Gasteiger partial charge in [-0.2, -0.15) is 0 Å². The summed E-state index contributed by atoms with van der Waals surface area (Å²) in [6, 6.07) is 9.98. The highest BCUT2D eigenvalue weighted by Gasteiger charge is 2.25. The third-order valence-corrected chi connectivity index (χ3v) is 4.95. The van der Waals surface area contributed by atoms with Gasteiger partial charge in [0.25, 0.3) is 0 Å². The Kier molecular flexibility index (Phi) is 9.18. The van der Waals surface area contributed by atoms with Crippen molar-refractivity contribution < 1.29 is 14.3 Å². The second-order valence-corrected chi connectivity index (χ2v) is 6.77. The Labute approximate surface area is 178 Å². The van der Waals surface area contributed by atoms with Crippen molar-refractivity contribution in [1.29, 1.82) is 0 Å². The molecule has 1 amide bonds. The Morgan fingerprint density at radius 3 is 2.83 bits per heavy atom. The Morgan fingerprint density at radius 2 is 2.10 bits per heavy atom. The molecule has 29 heavy (non-hydrogen) atoms. The maximum absolute atomic E-state index is 12.5. The lowest BCUT2D eigenvalue weighted by molar-refractivity contribution is -0.123. The number of rotatable bonds is 8. The van der Waals surface area contributed by atoms with Crippen LogP contribution in [0.5, 0.6) is 11.5 Å². The highest BCUT2D eigenvalue weighted by Crippen LogP contribution is 2.27. The Morgan fingerprint density at radius 1 is 1.28 bits per heavy atom. The Balaban J connectivity index is 0.00000300. The zero-order chi connectivity index (χ0) is 19.8. The standard InChI is InChI=1S/C21H28N4O3.ClH/c1-27-19-6-5-16(12-20(19)28-2)7-9-24-21(26)15-25-11-10-23-14-18(25)17-4-3-8-22-13-17;/h3-6,8,12-13,18,23H,7,9-11,14-15H2,1-2H3,(H,24,26);1H. The molecule has 0 radical (unpaired) electrons. The van der Waals surface area contributed by atoms with Crippen LogP contribution in [0.15, 0.2) is 42.7 Å². The number of carbonyl (C=O) groups excluding carboxylic acids is 1. The van der Waals surface area contributed by atoms with E-state index in [2.05, 4.69) is 26.6 Å². The summed E-state index contributed by atoms with van der Waals surface area (Å²) in [7, 11) is 3.24. The summed E-state index contributed by atoms with van der Waals surface area (Å²) in [5.41, 5.74) is 2.22. The quantitative estimate of drug-likeness (QED) is 0.678. The second-order valence-electron chi connectivity index (χ2n) is 6.77. The predicted octanol–water partition coefficient (Wildman–Crippen LogP) is 1.83. The average molecular weight is 421 g/mol. The van der Waals surface area contributed by atoms with Gasteiger partial charge in [0.1, 0.15) is 0 Å². The number of hydrogen-bond acceptors (Lipinski definition) is 6. The fraction of sp³-hybridized carbons (Fsp3) is 0.429. The van der Waals surface area contributed by atoms with Crippen LogP contribution in [0.2, 0.25) is 0 Å². The van der Waals surface area contributed by atoms with Gasteiger partial charge in [-0.1, -0.05) is 12.1 Å². The summed E-state index contributed by atoms with van der Waals surface area (Å²) in [4.78, 5) is 18.9. The lowest BCUT2D eigenvalue weighted by Crippen LogP contribution is -2.49. The first-order valence-corrected chi connectivity index (χ1v) is 9.53. The van der Waals surface area contributed by atoms with Gasteiger partial charge in [-0.05, 0) is 35.7 Å². The van der Waals surface area contributed by atoms with Crippen LogP contribution in [0.3, 0.4) is 0 Å². The molecule has 2 aromatic rings. The first kappa shape index (κ1) is 22.9. The molecule has 1 fully saturated rings. The van der Waals surface area contributed by atoms with Crippen LogP contribution in [0, 0.1) is 0 Å². The molecule has 8 heteroatoms. The lowest BCUT2D eigenvalue weighted by Gasteiger charge is -2.35. The predicted molar refractivity (Wildman–Crippen MR) is 115 cm³/mol. The van der Waals surface area contributed by atoms with E-state index in [0.717, 1.165) is 37.2 Å². The maximum Gasteiger partial charge on any atom is 0.234 e. The fourth-order valence-electron chi connectivity index (χ4n) is 3.46. The molecule has 7 nitrogen and oxygen atoms in total. The van der Waals surface area contributed by atoms with Crippen LogP contribution in [-0.2, 0) is 11.2 Å². The summed E-state index contributed by atoms with van der Waals surface area (Å²) in [6.45, 7) is 3.51. The Bertz CT molecular complexity index is 776. The van der Waals surface area contributed by atoms with Crippen LogP contribution in [0.4, 0.5) is 0 Å². The number of pyridine rings is 1. The fourth-order valence-corrected chi connectivity index (χ4v) is 3.46. The molecule has 0 bridgehead atoms. The van der Waals surface area contributed by atoms with Gasteiger partial charge in [0.05, 0.1) is 20.8 Å². The van der Waals surface area contributed by atoms with E-state index in [1.54, 1.807) is 20.4 Å². The van der Waals surface area contributed by atoms with Gasteiger partial charge in [0, 0.05) is 44.6 Å². The summed E-state index contributed by atoms with van der Waals surface area (Å²) < 4.78 is 10.6. The molecular weight excluding hydrogens is 392 g/mol. The molecular formula is C21H29ClN4O3. The molecule has 1 aromatic heterocycles. The molecule has 158 valence electrons. The van der Waals surface area contributed by atoms with E-state index >= 15 is 0 Å². The molecule has 2 heterocycles. The van der Waals surface area contributed by atoms with Crippen LogP contribution < -0.4 is 20.1 Å². The lowest BCUT2D eigenvalue weighted by atomic mass is 10.1. The van der Waals surface area contributed by atoms with Crippen molar-refractivity contribution in [2.45, 2.75) is 12.5 Å². The summed E-state index contributed by atoms with van der Waals surface area (Å²) in [6.07, 6.45) is 4.38. The van der Waals surface area contributed by atoms with E-state index in [0.29, 0.717) is 24.6 Å². The molecule has 0 saturated carbocycles. The van der Waals surface area contributed by atoms with Gasteiger partial charge in [-0.15, -0.1) is 12.4 Å². The number of nitrogens with one attached hydrogen (secondary N) is 2. The van der Waals surface area contributed by atoms with Crippen molar-refractivity contribution in [2.75, 3.05) is 46.9 Å². The number of piperazine rings is 1. The molecule has 0 aliphatic carbocycles. The van der Waals surface area contributed by atoms with Crippen LogP contribution >= 0.6 is 12.4 Å². The summed E-state index contributed by atoms with van der Waals surface area (Å²) >= 11 is 0. The number of nitrogens with zero attached hydrogens (tertiary/aromatic N) is 2. The molecule has 1 unspecified atom stereocenters.